The van der Waals surface area contributed by atoms with Gasteiger partial charge in [0.2, 0.25) is 0 Å². The highest BCUT2D eigenvalue weighted by Gasteiger charge is 2.01. The summed E-state index contributed by atoms with van der Waals surface area (Å²) in [6.07, 6.45) is 0. The molecular weight excluding hydrogens is 195 g/mol. The number of amidine groups is 1. The zero-order valence-corrected chi connectivity index (χ0v) is 8.17. The Morgan fingerprint density at radius 2 is 2.08 bits per heavy atom. The average molecular weight is 205 g/mol. The Bertz CT molecular complexity index is 297. The fourth-order valence-electron chi connectivity index (χ4n) is 0.839. The molecule has 0 saturated heterocycles. The molecule has 0 amide bonds. The van der Waals surface area contributed by atoms with Crippen molar-refractivity contribution in [3.05, 3.63) is 34.3 Å². The van der Waals surface area contributed by atoms with Crippen molar-refractivity contribution in [3.63, 3.8) is 0 Å². The largest absolute Gasteiger partial charge is 0.384 e. The van der Waals surface area contributed by atoms with Gasteiger partial charge in [-0.15, -0.1) is 12.4 Å². The molecule has 0 aliphatic rings. The van der Waals surface area contributed by atoms with Crippen LogP contribution in [0.2, 0.25) is 5.02 Å². The van der Waals surface area contributed by atoms with Crippen LogP contribution in [0.25, 0.3) is 0 Å². The van der Waals surface area contributed by atoms with Gasteiger partial charge in [0, 0.05) is 5.56 Å². The number of benzene rings is 1. The summed E-state index contributed by atoms with van der Waals surface area (Å²) in [5, 5.41) is 7.68. The zero-order chi connectivity index (χ0) is 8.43. The first kappa shape index (κ1) is 11.3. The van der Waals surface area contributed by atoms with Crippen LogP contribution >= 0.6 is 24.0 Å². The molecule has 0 radical (unpaired) electrons. The Morgan fingerprint density at radius 3 is 2.50 bits per heavy atom. The summed E-state index contributed by atoms with van der Waals surface area (Å²) in [5.41, 5.74) is 6.93. The SMILES string of the molecule is Cc1ccc(C(=N)N)c(Cl)c1.Cl. The Kier molecular flexibility index (Phi) is 4.07. The molecule has 3 N–H and O–H groups in total. The molecule has 2 nitrogen and oxygen atoms in total. The first-order valence-electron chi connectivity index (χ1n) is 3.22. The maximum Gasteiger partial charge on any atom is 0.124 e. The van der Waals surface area contributed by atoms with E-state index in [2.05, 4.69) is 0 Å². The molecule has 0 aliphatic heterocycles. The van der Waals surface area contributed by atoms with E-state index in [1.807, 2.05) is 13.0 Å². The molecule has 1 aromatic carbocycles. The second kappa shape index (κ2) is 4.33. The third-order valence-electron chi connectivity index (χ3n) is 1.41. The van der Waals surface area contributed by atoms with Gasteiger partial charge in [-0.1, -0.05) is 17.7 Å². The topological polar surface area (TPSA) is 49.9 Å². The normalized spacial score (nSPS) is 8.83. The van der Waals surface area contributed by atoms with Crippen LogP contribution in [0.15, 0.2) is 18.2 Å². The molecule has 0 aromatic heterocycles. The van der Waals surface area contributed by atoms with Gasteiger partial charge in [0.15, 0.2) is 0 Å². The smallest absolute Gasteiger partial charge is 0.124 e. The van der Waals surface area contributed by atoms with Gasteiger partial charge in [-0.05, 0) is 24.6 Å². The van der Waals surface area contributed by atoms with E-state index in [0.717, 1.165) is 5.56 Å². The Hall–Kier alpha value is -0.730. The summed E-state index contributed by atoms with van der Waals surface area (Å²) in [6, 6.07) is 5.42. The van der Waals surface area contributed by atoms with Crippen LogP contribution in [-0.4, -0.2) is 5.84 Å². The van der Waals surface area contributed by atoms with Crippen molar-refractivity contribution in [2.24, 2.45) is 5.73 Å². The minimum atomic E-state index is 0. The number of nitrogen functional groups attached to an aromatic ring is 1. The van der Waals surface area contributed by atoms with Crippen LogP contribution < -0.4 is 5.73 Å². The fourth-order valence-corrected chi connectivity index (χ4v) is 1.18. The van der Waals surface area contributed by atoms with E-state index in [1.165, 1.54) is 0 Å². The van der Waals surface area contributed by atoms with Crippen molar-refractivity contribution < 1.29 is 0 Å². The van der Waals surface area contributed by atoms with Gasteiger partial charge in [-0.2, -0.15) is 0 Å². The molecule has 4 heteroatoms. The van der Waals surface area contributed by atoms with E-state index >= 15 is 0 Å². The molecule has 0 atom stereocenters. The molecule has 0 bridgehead atoms. The molecule has 0 spiro atoms. The number of hydrogen-bond donors (Lipinski definition) is 2. The minimum Gasteiger partial charge on any atom is -0.384 e. The second-order valence-electron chi connectivity index (χ2n) is 2.40. The number of rotatable bonds is 1. The van der Waals surface area contributed by atoms with Crippen LogP contribution in [0.4, 0.5) is 0 Å². The standard InChI is InChI=1S/C8H9ClN2.ClH/c1-5-2-3-6(8(10)11)7(9)4-5;/h2-4H,1H3,(H3,10,11);1H. The number of nitrogens with one attached hydrogen (secondary N) is 1. The van der Waals surface area contributed by atoms with Crippen molar-refractivity contribution in [1.82, 2.24) is 0 Å². The van der Waals surface area contributed by atoms with Gasteiger partial charge in [-0.25, -0.2) is 0 Å². The summed E-state index contributed by atoms with van der Waals surface area (Å²) >= 11 is 5.80. The first-order valence-corrected chi connectivity index (χ1v) is 3.59. The lowest BCUT2D eigenvalue weighted by molar-refractivity contribution is 1.40. The summed E-state index contributed by atoms with van der Waals surface area (Å²) in [7, 11) is 0. The van der Waals surface area contributed by atoms with Gasteiger partial charge < -0.3 is 5.73 Å². The third-order valence-corrected chi connectivity index (χ3v) is 1.73. The minimum absolute atomic E-state index is 0. The van der Waals surface area contributed by atoms with Gasteiger partial charge in [0.1, 0.15) is 5.84 Å². The zero-order valence-electron chi connectivity index (χ0n) is 6.60. The summed E-state index contributed by atoms with van der Waals surface area (Å²) < 4.78 is 0. The van der Waals surface area contributed by atoms with E-state index in [-0.39, 0.29) is 18.2 Å². The van der Waals surface area contributed by atoms with E-state index < -0.39 is 0 Å². The molecule has 0 aliphatic carbocycles. The quantitative estimate of drug-likeness (QED) is 0.536. The summed E-state index contributed by atoms with van der Waals surface area (Å²) in [4.78, 5) is 0. The van der Waals surface area contributed by atoms with E-state index in [9.17, 15) is 0 Å². The second-order valence-corrected chi connectivity index (χ2v) is 2.80. The van der Waals surface area contributed by atoms with Gasteiger partial charge >= 0.3 is 0 Å². The van der Waals surface area contributed by atoms with Crippen molar-refractivity contribution in [3.8, 4) is 0 Å². The highest BCUT2D eigenvalue weighted by atomic mass is 35.5. The molecule has 12 heavy (non-hydrogen) atoms. The van der Waals surface area contributed by atoms with Crippen LogP contribution in [-0.2, 0) is 0 Å². The van der Waals surface area contributed by atoms with Crippen LogP contribution in [0.5, 0.6) is 0 Å². The number of hydrogen-bond acceptors (Lipinski definition) is 1. The van der Waals surface area contributed by atoms with Crippen molar-refractivity contribution in [2.75, 3.05) is 0 Å². The Balaban J connectivity index is 0.00000121. The molecule has 0 saturated carbocycles. The van der Waals surface area contributed by atoms with Crippen LogP contribution in [0, 0.1) is 12.3 Å². The average Bonchev–Trinajstić information content (AvgIpc) is 1.85. The van der Waals surface area contributed by atoms with E-state index in [1.54, 1.807) is 12.1 Å². The first-order chi connectivity index (χ1) is 5.11. The maximum absolute atomic E-state index is 7.14. The van der Waals surface area contributed by atoms with Crippen molar-refractivity contribution in [2.45, 2.75) is 6.92 Å². The lowest BCUT2D eigenvalue weighted by atomic mass is 10.1. The molecular formula is C8H10Cl2N2. The van der Waals surface area contributed by atoms with E-state index in [0.29, 0.717) is 10.6 Å². The number of halogens is 2. The van der Waals surface area contributed by atoms with Crippen LogP contribution in [0.1, 0.15) is 11.1 Å². The lowest BCUT2D eigenvalue weighted by Crippen LogP contribution is -2.11. The predicted octanol–water partition coefficient (Wildman–Crippen LogP) is 2.35. The fraction of sp³-hybridized carbons (Fsp3) is 0.125. The molecule has 66 valence electrons. The highest BCUT2D eigenvalue weighted by molar-refractivity contribution is 6.33. The van der Waals surface area contributed by atoms with Crippen molar-refractivity contribution >= 4 is 29.8 Å². The molecule has 1 aromatic rings. The monoisotopic (exact) mass is 204 g/mol. The molecule has 0 fully saturated rings. The predicted molar refractivity (Wildman–Crippen MR) is 54.5 cm³/mol. The molecule has 0 heterocycles. The number of nitrogens with two attached hydrogens (primary N) is 1. The van der Waals surface area contributed by atoms with Gasteiger partial charge in [-0.3, -0.25) is 5.41 Å². The summed E-state index contributed by atoms with van der Waals surface area (Å²) in [6.45, 7) is 1.94. The lowest BCUT2D eigenvalue weighted by Gasteiger charge is -2.01. The highest BCUT2D eigenvalue weighted by Crippen LogP contribution is 2.16. The van der Waals surface area contributed by atoms with E-state index in [4.69, 9.17) is 22.7 Å². The third kappa shape index (κ3) is 2.40. The number of aryl methyl sites for hydroxylation is 1. The molecule has 1 rings (SSSR count). The Labute approximate surface area is 82.6 Å². The molecule has 0 unspecified atom stereocenters. The van der Waals surface area contributed by atoms with Gasteiger partial charge in [0.25, 0.3) is 0 Å². The summed E-state index contributed by atoms with van der Waals surface area (Å²) in [5.74, 6) is 0.00926. The van der Waals surface area contributed by atoms with Gasteiger partial charge in [0.05, 0.1) is 5.02 Å². The Morgan fingerprint density at radius 1 is 1.50 bits per heavy atom. The van der Waals surface area contributed by atoms with Crippen molar-refractivity contribution in [1.29, 1.82) is 5.41 Å². The van der Waals surface area contributed by atoms with Crippen LogP contribution in [0.3, 0.4) is 0 Å². The maximum atomic E-state index is 7.14.